The standard InChI is InChI=1S/C14H14N4O4/c19-14(16-10-8-11-5-3-4-9-15-11)17(20)12-6-1-2-7-13(12)18(21)22/h1-7,9,17H,8,10H2,(H,16,19). The number of para-hydroxylation sites is 2. The molecular weight excluding hydrogens is 288 g/mol. The van der Waals surface area contributed by atoms with E-state index in [1.807, 2.05) is 6.07 Å². The monoisotopic (exact) mass is 302 g/mol. The van der Waals surface area contributed by atoms with E-state index in [9.17, 15) is 20.1 Å². The molecule has 1 aromatic carbocycles. The number of nitrogens with one attached hydrogen (secondary N) is 2. The molecule has 0 radical (unpaired) electrons. The molecule has 114 valence electrons. The molecule has 1 unspecified atom stereocenters. The number of aromatic nitrogens is 1. The maximum atomic E-state index is 12.0. The SMILES string of the molecule is O=C(NCCc1ccccn1)[NH+]([O-])c1ccccc1[N+](=O)[O-]. The number of carbonyl (C=O) groups excluding carboxylic acids is 1. The van der Waals surface area contributed by atoms with Gasteiger partial charge in [0.05, 0.1) is 4.92 Å². The number of urea groups is 1. The van der Waals surface area contributed by atoms with Crippen molar-refractivity contribution in [3.63, 3.8) is 0 Å². The van der Waals surface area contributed by atoms with Gasteiger partial charge in [0.2, 0.25) is 5.69 Å². The maximum Gasteiger partial charge on any atom is 0.420 e. The van der Waals surface area contributed by atoms with Gasteiger partial charge in [-0.15, -0.1) is 0 Å². The molecule has 2 aromatic rings. The zero-order valence-electron chi connectivity index (χ0n) is 11.6. The highest BCUT2D eigenvalue weighted by molar-refractivity contribution is 5.70. The van der Waals surface area contributed by atoms with Gasteiger partial charge in [0.15, 0.2) is 0 Å². The Bertz CT molecular complexity index is 663. The Hall–Kier alpha value is -2.84. The highest BCUT2D eigenvalue weighted by atomic mass is 16.6. The van der Waals surface area contributed by atoms with Crippen LogP contribution in [0, 0.1) is 15.3 Å². The van der Waals surface area contributed by atoms with Crippen LogP contribution in [0.3, 0.4) is 0 Å². The third kappa shape index (κ3) is 3.84. The lowest BCUT2D eigenvalue weighted by molar-refractivity contribution is -0.684. The average molecular weight is 302 g/mol. The van der Waals surface area contributed by atoms with Crippen LogP contribution in [0.15, 0.2) is 48.7 Å². The summed E-state index contributed by atoms with van der Waals surface area (Å²) >= 11 is 0. The van der Waals surface area contributed by atoms with Gasteiger partial charge < -0.3 is 10.5 Å². The third-order valence-corrected chi connectivity index (χ3v) is 2.94. The van der Waals surface area contributed by atoms with Gasteiger partial charge in [0.1, 0.15) is 0 Å². The Morgan fingerprint density at radius 2 is 1.95 bits per heavy atom. The molecule has 0 fully saturated rings. The summed E-state index contributed by atoms with van der Waals surface area (Å²) in [6, 6.07) is 9.90. The summed E-state index contributed by atoms with van der Waals surface area (Å²) in [6.45, 7) is 0.224. The van der Waals surface area contributed by atoms with Crippen LogP contribution in [0.25, 0.3) is 0 Å². The van der Waals surface area contributed by atoms with Crippen LogP contribution in [0.1, 0.15) is 5.69 Å². The van der Waals surface area contributed by atoms with Crippen molar-refractivity contribution in [2.24, 2.45) is 0 Å². The number of hydrogen-bond acceptors (Lipinski definition) is 5. The van der Waals surface area contributed by atoms with Gasteiger partial charge in [-0.1, -0.05) is 18.2 Å². The lowest BCUT2D eigenvalue weighted by atomic mass is 10.2. The van der Waals surface area contributed by atoms with Gasteiger partial charge in [0, 0.05) is 37.0 Å². The number of nitro groups is 1. The number of hydroxylamine groups is 1. The van der Waals surface area contributed by atoms with E-state index in [1.54, 1.807) is 18.3 Å². The first-order valence-corrected chi connectivity index (χ1v) is 6.55. The number of benzene rings is 1. The van der Waals surface area contributed by atoms with Crippen LogP contribution < -0.4 is 10.4 Å². The molecule has 0 saturated heterocycles. The van der Waals surface area contributed by atoms with Gasteiger partial charge >= 0.3 is 11.7 Å². The van der Waals surface area contributed by atoms with Gasteiger partial charge in [-0.05, 0) is 12.1 Å². The van der Waals surface area contributed by atoms with Crippen LogP contribution in [-0.2, 0) is 6.42 Å². The molecule has 22 heavy (non-hydrogen) atoms. The first kappa shape index (κ1) is 15.5. The maximum absolute atomic E-state index is 12.0. The van der Waals surface area contributed by atoms with Gasteiger partial charge in [0.25, 0.3) is 0 Å². The lowest BCUT2D eigenvalue weighted by Gasteiger charge is -2.18. The summed E-state index contributed by atoms with van der Waals surface area (Å²) in [7, 11) is 0. The summed E-state index contributed by atoms with van der Waals surface area (Å²) in [5.41, 5.74) is 0.177. The Kier molecular flexibility index (Phi) is 5.12. The van der Waals surface area contributed by atoms with E-state index in [0.717, 1.165) is 5.69 Å². The second kappa shape index (κ2) is 7.25. The minimum absolute atomic E-state index is 0.220. The van der Waals surface area contributed by atoms with Crippen molar-refractivity contribution >= 4 is 17.4 Å². The van der Waals surface area contributed by atoms with E-state index in [1.165, 1.54) is 24.3 Å². The quantitative estimate of drug-likeness (QED) is 0.631. The van der Waals surface area contributed by atoms with Crippen LogP contribution in [0.4, 0.5) is 16.2 Å². The smallest absolute Gasteiger partial charge is 0.420 e. The Labute approximate surface area is 126 Å². The van der Waals surface area contributed by atoms with Crippen molar-refractivity contribution in [3.05, 3.63) is 69.7 Å². The topological polar surface area (TPSA) is 113 Å². The summed E-state index contributed by atoms with van der Waals surface area (Å²) in [5, 5.41) is 24.4. The molecule has 8 heteroatoms. The number of pyridine rings is 1. The van der Waals surface area contributed by atoms with E-state index >= 15 is 0 Å². The number of hydrogen-bond donors (Lipinski definition) is 2. The minimum atomic E-state index is -0.923. The molecule has 2 N–H and O–H groups in total. The van der Waals surface area contributed by atoms with Crippen molar-refractivity contribution < 1.29 is 14.8 Å². The van der Waals surface area contributed by atoms with Gasteiger partial charge in [-0.25, -0.2) is 4.79 Å². The third-order valence-electron chi connectivity index (χ3n) is 2.94. The van der Waals surface area contributed by atoms with E-state index in [2.05, 4.69) is 10.3 Å². The van der Waals surface area contributed by atoms with Crippen molar-refractivity contribution in [3.8, 4) is 0 Å². The predicted molar refractivity (Wildman–Crippen MR) is 78.4 cm³/mol. The van der Waals surface area contributed by atoms with E-state index in [4.69, 9.17) is 0 Å². The van der Waals surface area contributed by atoms with E-state index < -0.39 is 16.0 Å². The summed E-state index contributed by atoms with van der Waals surface area (Å²) < 4.78 is 0. The van der Waals surface area contributed by atoms with Crippen molar-refractivity contribution in [2.45, 2.75) is 6.42 Å². The molecule has 0 spiro atoms. The fourth-order valence-corrected chi connectivity index (χ4v) is 1.88. The largest absolute Gasteiger partial charge is 0.620 e. The van der Waals surface area contributed by atoms with E-state index in [0.29, 0.717) is 6.42 Å². The number of quaternary nitrogens is 1. The number of amides is 2. The molecule has 1 aromatic heterocycles. The highest BCUT2D eigenvalue weighted by Gasteiger charge is 2.23. The zero-order valence-corrected chi connectivity index (χ0v) is 11.6. The summed E-state index contributed by atoms with van der Waals surface area (Å²) in [6.07, 6.45) is 2.10. The predicted octanol–water partition coefficient (Wildman–Crippen LogP) is 0.956. The molecule has 0 aliphatic heterocycles. The highest BCUT2D eigenvalue weighted by Crippen LogP contribution is 2.18. The Morgan fingerprint density at radius 3 is 2.64 bits per heavy atom. The van der Waals surface area contributed by atoms with Gasteiger partial charge in [-0.3, -0.25) is 20.2 Å². The second-order valence-corrected chi connectivity index (χ2v) is 4.43. The molecule has 1 heterocycles. The molecule has 2 rings (SSSR count). The number of nitro benzene ring substituents is 1. The average Bonchev–Trinajstić information content (AvgIpc) is 2.55. The number of rotatable bonds is 5. The first-order valence-electron chi connectivity index (χ1n) is 6.55. The van der Waals surface area contributed by atoms with Crippen molar-refractivity contribution in [1.82, 2.24) is 10.3 Å². The molecule has 0 aliphatic rings. The minimum Gasteiger partial charge on any atom is -0.620 e. The van der Waals surface area contributed by atoms with Gasteiger partial charge in [-0.2, -0.15) is 0 Å². The first-order chi connectivity index (χ1) is 10.6. The van der Waals surface area contributed by atoms with Crippen LogP contribution in [0.2, 0.25) is 0 Å². The van der Waals surface area contributed by atoms with Crippen LogP contribution in [-0.4, -0.2) is 22.5 Å². The van der Waals surface area contributed by atoms with E-state index in [-0.39, 0.29) is 17.9 Å². The fourth-order valence-electron chi connectivity index (χ4n) is 1.88. The lowest BCUT2D eigenvalue weighted by Crippen LogP contribution is -3.07. The zero-order chi connectivity index (χ0) is 15.9. The number of nitrogens with zero attached hydrogens (tertiary/aromatic N) is 2. The molecular formula is C14H14N4O4. The summed E-state index contributed by atoms with van der Waals surface area (Å²) in [4.78, 5) is 26.1. The molecule has 8 nitrogen and oxygen atoms in total. The number of carbonyl (C=O) groups is 1. The molecule has 1 atom stereocenters. The second-order valence-electron chi connectivity index (χ2n) is 4.43. The molecule has 0 saturated carbocycles. The van der Waals surface area contributed by atoms with Crippen LogP contribution in [0.5, 0.6) is 0 Å². The normalized spacial score (nSPS) is 11.7. The molecule has 0 aliphatic carbocycles. The summed E-state index contributed by atoms with van der Waals surface area (Å²) in [5.74, 6) is 0. The molecule has 2 amide bonds. The fraction of sp³-hybridized carbons (Fsp3) is 0.143. The van der Waals surface area contributed by atoms with Crippen molar-refractivity contribution in [1.29, 1.82) is 0 Å². The molecule has 0 bridgehead atoms. The Balaban J connectivity index is 1.96. The Morgan fingerprint density at radius 1 is 1.23 bits per heavy atom. The van der Waals surface area contributed by atoms with Crippen molar-refractivity contribution in [2.75, 3.05) is 6.54 Å². The van der Waals surface area contributed by atoms with Crippen LogP contribution >= 0.6 is 0 Å².